The molecule has 544 valence electrons. The van der Waals surface area contributed by atoms with Crippen molar-refractivity contribution < 1.29 is 104 Å². The van der Waals surface area contributed by atoms with Crippen molar-refractivity contribution in [2.24, 2.45) is 0 Å². The fourth-order valence-electron chi connectivity index (χ4n) is 12.4. The van der Waals surface area contributed by atoms with E-state index in [1.807, 2.05) is 115 Å². The lowest BCUT2D eigenvalue weighted by Crippen LogP contribution is -2.57. The van der Waals surface area contributed by atoms with Gasteiger partial charge in [-0.15, -0.1) is 35.3 Å². The maximum Gasteiger partial charge on any atom is 0.132 e. The van der Waals surface area contributed by atoms with Crippen molar-refractivity contribution in [3.8, 4) is 61.8 Å². The molecule has 0 aliphatic carbocycles. The second-order valence-corrected chi connectivity index (χ2v) is 28.1. The Morgan fingerprint density at radius 3 is 0.931 bits per heavy atom. The van der Waals surface area contributed by atoms with E-state index >= 15 is 0 Å². The Morgan fingerprint density at radius 2 is 0.608 bits per heavy atom. The van der Waals surface area contributed by atoms with Crippen LogP contribution in [-0.4, -0.2) is 267 Å². The van der Waals surface area contributed by atoms with Gasteiger partial charge in [-0.25, -0.2) is 9.97 Å². The largest absolute Gasteiger partial charge is 0.491 e. The average Bonchev–Trinajstić information content (AvgIpc) is 1.61. The maximum absolute atomic E-state index is 10.4. The third-order valence-electron chi connectivity index (χ3n) is 17.8. The molecule has 0 radical (unpaired) electrons. The van der Waals surface area contributed by atoms with Crippen LogP contribution in [0.2, 0.25) is 0 Å². The number of ether oxygens (including phenoxy) is 9. The zero-order valence-electron chi connectivity index (χ0n) is 55.4. The minimum absolute atomic E-state index is 0.228. The molecule has 3 saturated heterocycles. The van der Waals surface area contributed by atoms with Gasteiger partial charge in [-0.05, 0) is 107 Å². The van der Waals surface area contributed by atoms with E-state index in [-0.39, 0.29) is 46.2 Å². The summed E-state index contributed by atoms with van der Waals surface area (Å²) < 4.78 is 52.8. The number of rotatable bonds is 31. The molecule has 5 aliphatic rings. The Morgan fingerprint density at radius 1 is 0.314 bits per heavy atom. The van der Waals surface area contributed by atoms with Crippen LogP contribution >= 0.6 is 35.3 Å². The van der Waals surface area contributed by atoms with Gasteiger partial charge >= 0.3 is 0 Å². The molecule has 7 aromatic rings. The van der Waals surface area contributed by atoms with E-state index < -0.39 is 109 Å². The third kappa shape index (κ3) is 17.8. The van der Waals surface area contributed by atoms with Crippen LogP contribution in [0.15, 0.2) is 127 Å². The Balaban J connectivity index is 0.817. The number of fused-ring (bicyclic) bond motifs is 8. The molecular formula is C74H84N4O21S3. The first kappa shape index (κ1) is 74.9. The highest BCUT2D eigenvalue weighted by Gasteiger charge is 2.46. The highest BCUT2D eigenvalue weighted by molar-refractivity contribution is 8.00. The van der Waals surface area contributed by atoms with Crippen molar-refractivity contribution in [3.05, 3.63) is 150 Å². The van der Waals surface area contributed by atoms with Crippen molar-refractivity contribution in [1.82, 2.24) is 19.9 Å². The van der Waals surface area contributed by atoms with Gasteiger partial charge in [-0.2, -0.15) is 0 Å². The van der Waals surface area contributed by atoms with Gasteiger partial charge in [0.25, 0.3) is 0 Å². The number of aliphatic hydroxyl groups excluding tert-OH is 12. The average molecular weight is 1460 g/mol. The summed E-state index contributed by atoms with van der Waals surface area (Å²) in [5.41, 5.74) is 10.2. The molecule has 5 aliphatic heterocycles. The van der Waals surface area contributed by atoms with Gasteiger partial charge in [0.15, 0.2) is 0 Å². The molecule has 4 aromatic carbocycles. The van der Waals surface area contributed by atoms with Crippen molar-refractivity contribution in [3.63, 3.8) is 0 Å². The first-order valence-corrected chi connectivity index (χ1v) is 36.8. The number of aromatic nitrogens is 4. The first-order chi connectivity index (χ1) is 49.7. The number of thioether (sulfide) groups is 3. The lowest BCUT2D eigenvalue weighted by Gasteiger charge is -2.39. The number of aliphatic hydroxyl groups is 12. The van der Waals surface area contributed by atoms with Crippen molar-refractivity contribution in [1.29, 1.82) is 0 Å². The number of aromatic amines is 2. The molecule has 0 saturated carbocycles. The predicted molar refractivity (Wildman–Crippen MR) is 388 cm³/mol. The number of nitrogens with one attached hydrogen (secondary N) is 2. The summed E-state index contributed by atoms with van der Waals surface area (Å²) in [7, 11) is 0. The second kappa shape index (κ2) is 35.8. The molecule has 28 heteroatoms. The van der Waals surface area contributed by atoms with Crippen LogP contribution in [0.5, 0.6) is 17.2 Å². The Labute approximate surface area is 600 Å². The summed E-state index contributed by atoms with van der Waals surface area (Å²) in [5.74, 6) is 3.05. The lowest BCUT2D eigenvalue weighted by molar-refractivity contribution is -0.205. The number of H-pyrrole nitrogens is 2. The van der Waals surface area contributed by atoms with Crippen LogP contribution < -0.4 is 14.2 Å². The molecule has 3 aromatic heterocycles. The van der Waals surface area contributed by atoms with Gasteiger partial charge < -0.3 is 114 Å². The van der Waals surface area contributed by atoms with Crippen LogP contribution in [0.25, 0.3) is 90.9 Å². The number of nitrogens with zero attached hydrogens (tertiary/aromatic N) is 2. The highest BCUT2D eigenvalue weighted by atomic mass is 32.2. The molecule has 8 bridgehead atoms. The van der Waals surface area contributed by atoms with E-state index in [0.29, 0.717) is 70.5 Å². The monoisotopic (exact) mass is 1460 g/mol. The fourth-order valence-corrected chi connectivity index (χ4v) is 15.5. The summed E-state index contributed by atoms with van der Waals surface area (Å²) in [5, 5.41) is 121. The van der Waals surface area contributed by atoms with E-state index in [9.17, 15) is 61.3 Å². The minimum atomic E-state index is -1.45. The normalized spacial score (nSPS) is 25.6. The molecule has 102 heavy (non-hydrogen) atoms. The smallest absolute Gasteiger partial charge is 0.132 e. The Bertz CT molecular complexity index is 3900. The molecule has 0 amide bonds. The molecule has 15 atom stereocenters. The quantitative estimate of drug-likeness (QED) is 0.0251. The molecule has 0 unspecified atom stereocenters. The third-order valence-corrected chi connectivity index (χ3v) is 21.2. The summed E-state index contributed by atoms with van der Waals surface area (Å²) >= 11 is 3.64. The Kier molecular flexibility index (Phi) is 26.3. The summed E-state index contributed by atoms with van der Waals surface area (Å²) in [6, 6.07) is 41.7. The zero-order chi connectivity index (χ0) is 71.2. The van der Waals surface area contributed by atoms with Crippen LogP contribution in [0.4, 0.5) is 0 Å². The van der Waals surface area contributed by atoms with Crippen molar-refractivity contribution >= 4 is 81.7 Å². The SMILES string of the molecule is OC[C@H]1O[C@H](SCCOCCOc2ccc(-c3c4nc(c(-c5ccc(OCCOCCS[C@H]6O[C@H](CO)[C@@H](O)[C@H](O)[C@@H]6O)cc5)c5ccc([nH]5)c(-c5ccccc5)c5ccc([nH]5)c(-c5ccc(OCCOCCS[C@H]6O[C@H](CO)[C@@H](O)[C@H](O)[C@@H]6O)cc5)c5nc3C=C5)C=C4)cc2)[C@@H](O)[C@@H](O)[C@@H]1O. The van der Waals surface area contributed by atoms with E-state index in [2.05, 4.69) is 46.4 Å². The predicted octanol–water partition coefficient (Wildman–Crippen LogP) is 5.11. The van der Waals surface area contributed by atoms with Crippen LogP contribution in [0, 0.1) is 0 Å². The minimum Gasteiger partial charge on any atom is -0.491 e. The number of benzene rings is 4. The van der Waals surface area contributed by atoms with Crippen molar-refractivity contribution in [2.75, 3.05) is 96.5 Å². The standard InChI is InChI=1S/C74H84N4O21S3/c79-38-56-63(82)66(85)69(88)72(97-56)100-35-32-91-26-29-94-45-12-6-42(7-13-45)60-50-20-18-48(75-50)59(41-4-2-1-3-5-41)49-19-21-51(76-49)61(43-8-14-46(15-9-43)95-30-27-92-33-36-101-73-70(89)67(86)64(83)57(39-80)98-73)53-23-25-55(78-53)62(54-24-22-52(60)77-54)44-10-16-47(17-11-44)96-31-28-93-34-37-102-74-71(90)68(87)65(84)58(40-81)99-74/h1-25,56-58,63-76,79-90H,26-40H2/t56-,57-,58-,63-,64-,65-,66+,67+,68+,69+,70+,71+,72-,73-,74-/m1/s1. The van der Waals surface area contributed by atoms with E-state index in [4.69, 9.17) is 52.6 Å². The molecule has 0 spiro atoms. The van der Waals surface area contributed by atoms with E-state index in [0.717, 1.165) is 66.6 Å². The summed E-state index contributed by atoms with van der Waals surface area (Å²) in [4.78, 5) is 18.5. The number of hydrogen-bond donors (Lipinski definition) is 14. The first-order valence-electron chi connectivity index (χ1n) is 33.6. The molecule has 3 fully saturated rings. The zero-order valence-corrected chi connectivity index (χ0v) is 57.8. The van der Waals surface area contributed by atoms with Gasteiger partial charge in [0.2, 0.25) is 0 Å². The van der Waals surface area contributed by atoms with Gasteiger partial charge in [-0.1, -0.05) is 66.7 Å². The lowest BCUT2D eigenvalue weighted by atomic mass is 10.0. The van der Waals surface area contributed by atoms with E-state index in [1.165, 1.54) is 35.3 Å². The molecule has 8 heterocycles. The maximum atomic E-state index is 10.4. The van der Waals surface area contributed by atoms with Crippen LogP contribution in [0.1, 0.15) is 22.8 Å². The second-order valence-electron chi connectivity index (χ2n) is 24.5. The molecule has 14 N–H and O–H groups in total. The molecule has 25 nitrogen and oxygen atoms in total. The Hall–Kier alpha value is -6.79. The molecule has 12 rings (SSSR count). The number of hydrogen-bond acceptors (Lipinski definition) is 26. The molecular weight excluding hydrogens is 1380 g/mol. The van der Waals surface area contributed by atoms with Gasteiger partial charge in [-0.3, -0.25) is 0 Å². The highest BCUT2D eigenvalue weighted by Crippen LogP contribution is 2.41. The van der Waals surface area contributed by atoms with E-state index in [1.54, 1.807) is 0 Å². The van der Waals surface area contributed by atoms with Gasteiger partial charge in [0.1, 0.15) is 127 Å². The summed E-state index contributed by atoms with van der Waals surface area (Å²) in [6.07, 6.45) is -7.59. The van der Waals surface area contributed by atoms with Crippen LogP contribution in [-0.2, 0) is 28.4 Å². The van der Waals surface area contributed by atoms with Gasteiger partial charge in [0, 0.05) is 61.6 Å². The fraction of sp³-hybridized carbons (Fsp3) is 0.405. The topological polar surface area (TPSA) is 383 Å². The summed E-state index contributed by atoms with van der Waals surface area (Å²) in [6.45, 7) is 0.850. The van der Waals surface area contributed by atoms with Crippen molar-refractivity contribution in [2.45, 2.75) is 89.6 Å². The van der Waals surface area contributed by atoms with Gasteiger partial charge in [0.05, 0.1) is 82.2 Å². The van der Waals surface area contributed by atoms with Crippen LogP contribution in [0.3, 0.4) is 0 Å².